The molecule has 0 aromatic carbocycles. The smallest absolute Gasteiger partial charge is 0.219 e. The number of rotatable bonds is 12. The summed E-state index contributed by atoms with van der Waals surface area (Å²) < 4.78 is 35.3. The number of aliphatic hydroxyl groups excluding tert-OH is 7. The van der Waals surface area contributed by atoms with Crippen LogP contribution in [0.5, 0.6) is 0 Å². The third kappa shape index (κ3) is 7.36. The molecule has 0 spiro atoms. The van der Waals surface area contributed by atoms with Gasteiger partial charge in [0.25, 0.3) is 0 Å². The maximum atomic E-state index is 11.8. The van der Waals surface area contributed by atoms with Crippen molar-refractivity contribution in [1.82, 2.24) is 0 Å². The van der Waals surface area contributed by atoms with Gasteiger partial charge in [-0.25, -0.2) is 0 Å². The topological polar surface area (TPSA) is 334 Å². The van der Waals surface area contributed by atoms with Crippen LogP contribution in [0.3, 0.4) is 0 Å². The molecule has 0 aromatic rings. The molecule has 19 nitrogen and oxygen atoms in total. The van der Waals surface area contributed by atoms with E-state index >= 15 is 0 Å². The van der Waals surface area contributed by atoms with Crippen LogP contribution in [0, 0.1) is 5.92 Å². The van der Waals surface area contributed by atoms with Gasteiger partial charge in [0.05, 0.1) is 44.2 Å². The van der Waals surface area contributed by atoms with E-state index in [2.05, 4.69) is 11.7 Å². The first kappa shape index (κ1) is 36.8. The van der Waals surface area contributed by atoms with Crippen LogP contribution in [-0.2, 0) is 28.4 Å². The highest BCUT2D eigenvalue weighted by molar-refractivity contribution is 5.25. The van der Waals surface area contributed by atoms with Crippen molar-refractivity contribution in [3.63, 3.8) is 0 Å². The van der Waals surface area contributed by atoms with Gasteiger partial charge in [-0.15, -0.1) is 0 Å². The second-order valence-corrected chi connectivity index (χ2v) is 12.1. The molecule has 0 aromatic heterocycles. The van der Waals surface area contributed by atoms with Crippen molar-refractivity contribution in [1.29, 1.82) is 0 Å². The minimum atomic E-state index is -2.40. The van der Waals surface area contributed by atoms with Crippen molar-refractivity contribution in [2.45, 2.75) is 116 Å². The zero-order valence-corrected chi connectivity index (χ0v) is 24.8. The molecule has 10 unspecified atom stereocenters. The average molecular weight is 656 g/mol. The average Bonchev–Trinajstić information content (AvgIpc) is 3.33. The maximum absolute atomic E-state index is 11.8. The normalized spacial score (nSPS) is 50.9. The summed E-state index contributed by atoms with van der Waals surface area (Å²) in [6.45, 7) is 1.27. The zero-order valence-electron chi connectivity index (χ0n) is 24.8. The molecule has 4 aliphatic rings. The van der Waals surface area contributed by atoms with E-state index in [1.165, 1.54) is 0 Å². The number of hydrogen-bond donors (Lipinski definition) is 12. The fourth-order valence-corrected chi connectivity index (χ4v) is 6.44. The van der Waals surface area contributed by atoms with Gasteiger partial charge in [0.2, 0.25) is 5.79 Å². The van der Waals surface area contributed by atoms with E-state index in [0.29, 0.717) is 0 Å². The predicted molar refractivity (Wildman–Crippen MR) is 151 cm³/mol. The number of nitrogens with zero attached hydrogens (tertiary/aromatic N) is 1. The lowest BCUT2D eigenvalue weighted by Gasteiger charge is -2.48. The SMILES string of the molecule is C=NC1C(CO)[C@H](O)C(CCN)O[C@@H]1OC1[C@@H](CO)OC[C@@]1(O)OC1C(O)[C@H](N)CC(N)[C@H]1O[C@H]1OC(CO)[C@@H](O)C(O)C1N. The lowest BCUT2D eigenvalue weighted by molar-refractivity contribution is -0.351. The molecule has 16 N–H and O–H groups in total. The van der Waals surface area contributed by atoms with Gasteiger partial charge in [-0.3, -0.25) is 4.99 Å². The van der Waals surface area contributed by atoms with E-state index in [0.717, 1.165) is 0 Å². The van der Waals surface area contributed by atoms with Crippen LogP contribution < -0.4 is 22.9 Å². The van der Waals surface area contributed by atoms with Crippen LogP contribution in [0.1, 0.15) is 12.8 Å². The molecular weight excluding hydrogens is 606 g/mol. The van der Waals surface area contributed by atoms with E-state index in [1.807, 2.05) is 0 Å². The van der Waals surface area contributed by atoms with Crippen molar-refractivity contribution < 1.29 is 69.3 Å². The number of ether oxygens (including phenoxy) is 6. The summed E-state index contributed by atoms with van der Waals surface area (Å²) in [7, 11) is 0. The summed E-state index contributed by atoms with van der Waals surface area (Å²) in [5.41, 5.74) is 24.2. The Morgan fingerprint density at radius 1 is 0.800 bits per heavy atom. The first-order valence-corrected chi connectivity index (χ1v) is 15.0. The third-order valence-electron chi connectivity index (χ3n) is 9.09. The molecule has 4 fully saturated rings. The van der Waals surface area contributed by atoms with Crippen molar-refractivity contribution in [3.8, 4) is 0 Å². The third-order valence-corrected chi connectivity index (χ3v) is 9.09. The van der Waals surface area contributed by atoms with Crippen LogP contribution in [0.2, 0.25) is 0 Å². The lowest BCUT2D eigenvalue weighted by Crippen LogP contribution is -2.69. The van der Waals surface area contributed by atoms with E-state index in [4.69, 9.17) is 51.4 Å². The summed E-state index contributed by atoms with van der Waals surface area (Å²) in [6.07, 6.45) is -15.8. The molecule has 3 saturated heterocycles. The summed E-state index contributed by atoms with van der Waals surface area (Å²) in [5.74, 6) is -3.27. The van der Waals surface area contributed by atoms with Crippen LogP contribution in [-0.4, -0.2) is 184 Å². The highest BCUT2D eigenvalue weighted by Gasteiger charge is 2.58. The van der Waals surface area contributed by atoms with E-state index < -0.39 is 136 Å². The number of aliphatic imine (C=N–C) groups is 1. The Balaban J connectivity index is 1.60. The second kappa shape index (κ2) is 15.4. The monoisotopic (exact) mass is 655 g/mol. The van der Waals surface area contributed by atoms with Gasteiger partial charge in [-0.1, -0.05) is 0 Å². The molecule has 0 amide bonds. The summed E-state index contributed by atoms with van der Waals surface area (Å²) in [6, 6.07) is -4.20. The molecular formula is C26H49N5O14. The fraction of sp³-hybridized carbons (Fsp3) is 0.962. The standard InChI is InChI=1S/C26H49N5O14/c1-31-16-9(5-32)17(35)12(2-3-27)41-25(16)44-23-14(7-34)40-8-26(23,39)45-22-18(36)10(28)4-11(29)21(22)43-24-15(30)20(38)19(37)13(6-33)42-24/h9-25,32-39H,1-8,27-30H2/t9?,10-,11?,12?,13?,14-,15?,16?,17+,18?,19-,20?,21-,22?,23?,24-,25-,26-/m1/s1. The van der Waals surface area contributed by atoms with Crippen LogP contribution >= 0.6 is 0 Å². The van der Waals surface area contributed by atoms with Crippen LogP contribution in [0.4, 0.5) is 0 Å². The quantitative estimate of drug-likeness (QED) is 0.0686. The van der Waals surface area contributed by atoms with Gasteiger partial charge in [0, 0.05) is 18.0 Å². The summed E-state index contributed by atoms with van der Waals surface area (Å²) >= 11 is 0. The molecule has 0 radical (unpaired) electrons. The molecule has 4 rings (SSSR count). The molecule has 3 heterocycles. The largest absolute Gasteiger partial charge is 0.396 e. The molecule has 18 atom stereocenters. The lowest BCUT2D eigenvalue weighted by atomic mass is 9.84. The molecule has 0 bridgehead atoms. The Morgan fingerprint density at radius 2 is 1.47 bits per heavy atom. The first-order chi connectivity index (χ1) is 21.3. The van der Waals surface area contributed by atoms with Gasteiger partial charge in [0.1, 0.15) is 55.4 Å². The molecule has 19 heteroatoms. The van der Waals surface area contributed by atoms with Gasteiger partial charge in [0.15, 0.2) is 12.6 Å². The summed E-state index contributed by atoms with van der Waals surface area (Å²) in [4.78, 5) is 3.97. The maximum Gasteiger partial charge on any atom is 0.219 e. The molecule has 1 aliphatic carbocycles. The van der Waals surface area contributed by atoms with Gasteiger partial charge in [-0.05, 0) is 26.1 Å². The molecule has 1 saturated carbocycles. The molecule has 45 heavy (non-hydrogen) atoms. The summed E-state index contributed by atoms with van der Waals surface area (Å²) in [5, 5.41) is 84.0. The Bertz CT molecular complexity index is 960. The molecule has 262 valence electrons. The van der Waals surface area contributed by atoms with Crippen molar-refractivity contribution in [3.05, 3.63) is 0 Å². The Morgan fingerprint density at radius 3 is 2.07 bits per heavy atom. The van der Waals surface area contributed by atoms with E-state index in [-0.39, 0.29) is 19.4 Å². The Labute approximate surface area is 259 Å². The van der Waals surface area contributed by atoms with E-state index in [9.17, 15) is 40.9 Å². The van der Waals surface area contributed by atoms with Crippen LogP contribution in [0.15, 0.2) is 4.99 Å². The first-order valence-electron chi connectivity index (χ1n) is 15.0. The predicted octanol–water partition coefficient (Wildman–Crippen LogP) is -7.48. The number of hydrogen-bond acceptors (Lipinski definition) is 19. The zero-order chi connectivity index (χ0) is 33.2. The molecule has 3 aliphatic heterocycles. The Kier molecular flexibility index (Phi) is 12.6. The van der Waals surface area contributed by atoms with Crippen molar-refractivity contribution >= 4 is 6.72 Å². The minimum absolute atomic E-state index is 0.0341. The van der Waals surface area contributed by atoms with Crippen molar-refractivity contribution in [2.75, 3.05) is 33.0 Å². The van der Waals surface area contributed by atoms with Gasteiger partial charge < -0.3 is 92.2 Å². The highest BCUT2D eigenvalue weighted by Crippen LogP contribution is 2.39. The van der Waals surface area contributed by atoms with Gasteiger partial charge in [-0.2, -0.15) is 0 Å². The van der Waals surface area contributed by atoms with Crippen LogP contribution in [0.25, 0.3) is 0 Å². The number of aliphatic hydroxyl groups is 8. The van der Waals surface area contributed by atoms with Gasteiger partial charge >= 0.3 is 0 Å². The minimum Gasteiger partial charge on any atom is -0.396 e. The van der Waals surface area contributed by atoms with E-state index in [1.54, 1.807) is 0 Å². The Hall–Kier alpha value is -1.05. The highest BCUT2D eigenvalue weighted by atomic mass is 16.8. The van der Waals surface area contributed by atoms with Crippen molar-refractivity contribution in [2.24, 2.45) is 33.8 Å². The number of nitrogens with two attached hydrogens (primary N) is 4. The second-order valence-electron chi connectivity index (χ2n) is 12.1. The fourth-order valence-electron chi connectivity index (χ4n) is 6.44.